The van der Waals surface area contributed by atoms with E-state index in [4.69, 9.17) is 4.74 Å². The van der Waals surface area contributed by atoms with Gasteiger partial charge in [-0.25, -0.2) is 9.78 Å². The lowest BCUT2D eigenvalue weighted by Crippen LogP contribution is -2.08. The molecule has 1 rings (SSSR count). The SMILES string of the molecule is CCCCCCCCCCCCCCCCCCOC(=O)c1cnccn1. The molecule has 1 aromatic rings. The van der Waals surface area contributed by atoms with Crippen molar-refractivity contribution >= 4 is 5.97 Å². The van der Waals surface area contributed by atoms with Gasteiger partial charge in [0.25, 0.3) is 0 Å². The van der Waals surface area contributed by atoms with Crippen molar-refractivity contribution in [3.05, 3.63) is 24.3 Å². The third kappa shape index (κ3) is 14.3. The van der Waals surface area contributed by atoms with Gasteiger partial charge in [0.15, 0.2) is 5.69 Å². The maximum absolute atomic E-state index is 11.7. The lowest BCUT2D eigenvalue weighted by molar-refractivity contribution is 0.0490. The number of aromatic nitrogens is 2. The Morgan fingerprint density at radius 1 is 0.741 bits per heavy atom. The number of rotatable bonds is 18. The molecule has 0 saturated carbocycles. The number of carbonyl (C=O) groups excluding carboxylic acids is 1. The molecule has 4 heteroatoms. The Morgan fingerprint density at radius 3 is 1.67 bits per heavy atom. The molecule has 0 aliphatic heterocycles. The van der Waals surface area contributed by atoms with E-state index in [0.717, 1.165) is 12.8 Å². The van der Waals surface area contributed by atoms with Gasteiger partial charge in [-0.3, -0.25) is 4.98 Å². The van der Waals surface area contributed by atoms with Crippen molar-refractivity contribution in [2.75, 3.05) is 6.61 Å². The predicted molar refractivity (Wildman–Crippen MR) is 112 cm³/mol. The first-order valence-corrected chi connectivity index (χ1v) is 11.3. The lowest BCUT2D eigenvalue weighted by atomic mass is 10.0. The number of hydrogen-bond donors (Lipinski definition) is 0. The number of nitrogens with zero attached hydrogens (tertiary/aromatic N) is 2. The number of hydrogen-bond acceptors (Lipinski definition) is 4. The number of unbranched alkanes of at least 4 members (excludes halogenated alkanes) is 15. The fourth-order valence-electron chi connectivity index (χ4n) is 3.29. The molecule has 0 N–H and O–H groups in total. The molecule has 0 bridgehead atoms. The number of ether oxygens (including phenoxy) is 1. The van der Waals surface area contributed by atoms with Gasteiger partial charge in [0.05, 0.1) is 12.8 Å². The van der Waals surface area contributed by atoms with Gasteiger partial charge >= 0.3 is 5.97 Å². The van der Waals surface area contributed by atoms with E-state index in [9.17, 15) is 4.79 Å². The smallest absolute Gasteiger partial charge is 0.358 e. The van der Waals surface area contributed by atoms with E-state index in [0.29, 0.717) is 6.61 Å². The Hall–Kier alpha value is -1.45. The highest BCUT2D eigenvalue weighted by molar-refractivity contribution is 5.86. The molecule has 27 heavy (non-hydrogen) atoms. The van der Waals surface area contributed by atoms with E-state index >= 15 is 0 Å². The van der Waals surface area contributed by atoms with E-state index in [-0.39, 0.29) is 11.7 Å². The zero-order valence-corrected chi connectivity index (χ0v) is 17.5. The fourth-order valence-corrected chi connectivity index (χ4v) is 3.29. The second-order valence-electron chi connectivity index (χ2n) is 7.53. The van der Waals surface area contributed by atoms with Crippen LogP contribution in [0, 0.1) is 0 Å². The molecule has 0 spiro atoms. The molecular formula is C23H40N2O2. The second kappa shape index (κ2) is 17.9. The molecule has 0 aliphatic carbocycles. The molecule has 0 aromatic carbocycles. The molecule has 0 amide bonds. The van der Waals surface area contributed by atoms with Crippen LogP contribution in [-0.4, -0.2) is 22.5 Å². The summed E-state index contributed by atoms with van der Waals surface area (Å²) < 4.78 is 5.21. The van der Waals surface area contributed by atoms with Gasteiger partial charge < -0.3 is 4.74 Å². The minimum atomic E-state index is -0.371. The van der Waals surface area contributed by atoms with Gasteiger partial charge in [-0.15, -0.1) is 0 Å². The van der Waals surface area contributed by atoms with Crippen molar-refractivity contribution < 1.29 is 9.53 Å². The molecule has 4 nitrogen and oxygen atoms in total. The maximum atomic E-state index is 11.7. The standard InChI is InChI=1S/C23H40N2O2/c1-2-3-4-5-6-7-8-9-10-11-12-13-14-15-16-17-20-27-23(26)22-21-24-18-19-25-22/h18-19,21H,2-17,20H2,1H3. The fraction of sp³-hybridized carbons (Fsp3) is 0.783. The summed E-state index contributed by atoms with van der Waals surface area (Å²) in [6.07, 6.45) is 26.0. The molecule has 0 aliphatic rings. The Labute approximate surface area is 166 Å². The zero-order chi connectivity index (χ0) is 19.4. The van der Waals surface area contributed by atoms with Crippen LogP contribution < -0.4 is 0 Å². The van der Waals surface area contributed by atoms with Crippen LogP contribution in [0.4, 0.5) is 0 Å². The van der Waals surface area contributed by atoms with Crippen LogP contribution in [-0.2, 0) is 4.74 Å². The molecule has 1 heterocycles. The van der Waals surface area contributed by atoms with E-state index in [1.807, 2.05) is 0 Å². The van der Waals surface area contributed by atoms with Gasteiger partial charge in [-0.1, -0.05) is 103 Å². The first-order chi connectivity index (χ1) is 13.3. The summed E-state index contributed by atoms with van der Waals surface area (Å²) in [7, 11) is 0. The Bertz CT molecular complexity index is 451. The first-order valence-electron chi connectivity index (χ1n) is 11.3. The molecule has 154 valence electrons. The van der Waals surface area contributed by atoms with Crippen molar-refractivity contribution in [1.82, 2.24) is 9.97 Å². The average molecular weight is 377 g/mol. The van der Waals surface area contributed by atoms with Crippen LogP contribution in [0.15, 0.2) is 18.6 Å². The minimum absolute atomic E-state index is 0.286. The summed E-state index contributed by atoms with van der Waals surface area (Å²) in [4.78, 5) is 19.5. The van der Waals surface area contributed by atoms with Crippen molar-refractivity contribution in [2.45, 2.75) is 110 Å². The molecule has 0 fully saturated rings. The lowest BCUT2D eigenvalue weighted by Gasteiger charge is -2.05. The average Bonchev–Trinajstić information content (AvgIpc) is 2.70. The van der Waals surface area contributed by atoms with Gasteiger partial charge in [0.1, 0.15) is 0 Å². The highest BCUT2D eigenvalue weighted by Gasteiger charge is 2.07. The van der Waals surface area contributed by atoms with Gasteiger partial charge in [0.2, 0.25) is 0 Å². The third-order valence-corrected chi connectivity index (χ3v) is 5.00. The number of esters is 1. The van der Waals surface area contributed by atoms with E-state index < -0.39 is 0 Å². The molecule has 0 saturated heterocycles. The quantitative estimate of drug-likeness (QED) is 0.207. The Morgan fingerprint density at radius 2 is 1.22 bits per heavy atom. The highest BCUT2D eigenvalue weighted by atomic mass is 16.5. The summed E-state index contributed by atoms with van der Waals surface area (Å²) in [6, 6.07) is 0. The summed E-state index contributed by atoms with van der Waals surface area (Å²) in [5.74, 6) is -0.371. The van der Waals surface area contributed by atoms with Crippen LogP contribution in [0.25, 0.3) is 0 Å². The highest BCUT2D eigenvalue weighted by Crippen LogP contribution is 2.13. The summed E-state index contributed by atoms with van der Waals surface area (Å²) in [5, 5.41) is 0. The van der Waals surface area contributed by atoms with E-state index in [1.54, 1.807) is 6.20 Å². The summed E-state index contributed by atoms with van der Waals surface area (Å²) in [6.45, 7) is 2.76. The Kier molecular flexibility index (Phi) is 15.7. The molecule has 0 radical (unpaired) electrons. The third-order valence-electron chi connectivity index (χ3n) is 5.00. The van der Waals surface area contributed by atoms with Crippen LogP contribution in [0.5, 0.6) is 0 Å². The molecular weight excluding hydrogens is 336 g/mol. The predicted octanol–water partition coefficient (Wildman–Crippen LogP) is 6.89. The maximum Gasteiger partial charge on any atom is 0.358 e. The number of carbonyl (C=O) groups is 1. The zero-order valence-electron chi connectivity index (χ0n) is 17.5. The second-order valence-corrected chi connectivity index (χ2v) is 7.53. The van der Waals surface area contributed by atoms with E-state index in [1.165, 1.54) is 102 Å². The van der Waals surface area contributed by atoms with Crippen molar-refractivity contribution in [2.24, 2.45) is 0 Å². The van der Waals surface area contributed by atoms with Crippen molar-refractivity contribution in [3.63, 3.8) is 0 Å². The van der Waals surface area contributed by atoms with Gasteiger partial charge in [0, 0.05) is 12.4 Å². The van der Waals surface area contributed by atoms with Gasteiger partial charge in [-0.2, -0.15) is 0 Å². The Balaban J connectivity index is 1.75. The topological polar surface area (TPSA) is 52.1 Å². The largest absolute Gasteiger partial charge is 0.461 e. The van der Waals surface area contributed by atoms with Crippen LogP contribution in [0.2, 0.25) is 0 Å². The first kappa shape index (κ1) is 23.6. The summed E-state index contributed by atoms with van der Waals surface area (Å²) >= 11 is 0. The van der Waals surface area contributed by atoms with Crippen LogP contribution in [0.1, 0.15) is 120 Å². The molecule has 0 unspecified atom stereocenters. The summed E-state index contributed by atoms with van der Waals surface area (Å²) in [5.41, 5.74) is 0.286. The van der Waals surface area contributed by atoms with Crippen molar-refractivity contribution in [3.8, 4) is 0 Å². The normalized spacial score (nSPS) is 10.9. The van der Waals surface area contributed by atoms with Crippen LogP contribution in [0.3, 0.4) is 0 Å². The molecule has 0 atom stereocenters. The molecule has 1 aromatic heterocycles. The van der Waals surface area contributed by atoms with Crippen molar-refractivity contribution in [1.29, 1.82) is 0 Å². The van der Waals surface area contributed by atoms with Gasteiger partial charge in [-0.05, 0) is 6.42 Å². The minimum Gasteiger partial charge on any atom is -0.461 e. The van der Waals surface area contributed by atoms with Crippen LogP contribution >= 0.6 is 0 Å². The monoisotopic (exact) mass is 376 g/mol. The van der Waals surface area contributed by atoms with E-state index in [2.05, 4.69) is 16.9 Å².